The Morgan fingerprint density at radius 3 is 1.64 bits per heavy atom. The molecule has 0 aliphatic rings. The van der Waals surface area contributed by atoms with Crippen LogP contribution in [0.4, 0.5) is 0 Å². The van der Waals surface area contributed by atoms with Crippen molar-refractivity contribution in [2.45, 2.75) is 41.5 Å². The lowest BCUT2D eigenvalue weighted by Crippen LogP contribution is -1.72. The molecule has 0 atom stereocenters. The molecule has 0 fully saturated rings. The normalized spacial score (nSPS) is 9.43. The van der Waals surface area contributed by atoms with Gasteiger partial charge in [-0.25, -0.2) is 0 Å². The Balaban J connectivity index is -0.000000205. The lowest BCUT2D eigenvalue weighted by atomic mass is 10.1. The van der Waals surface area contributed by atoms with Gasteiger partial charge in [0.25, 0.3) is 0 Å². The third kappa shape index (κ3) is 22.4. The summed E-state index contributed by atoms with van der Waals surface area (Å²) in [5.74, 6) is 0. The van der Waals surface area contributed by atoms with E-state index in [0.717, 1.165) is 5.57 Å². The first-order chi connectivity index (χ1) is 6.59. The monoisotopic (exact) mass is 194 g/mol. The molecular weight excluding hydrogens is 168 g/mol. The highest BCUT2D eigenvalue weighted by Crippen LogP contribution is 2.03. The molecule has 82 valence electrons. The SMILES string of the molecule is C=C(C)/C(C)=C\C=C/C.C=CC.CC. The van der Waals surface area contributed by atoms with Crippen LogP contribution < -0.4 is 0 Å². The molecule has 0 rings (SSSR count). The summed E-state index contributed by atoms with van der Waals surface area (Å²) in [5, 5.41) is 0. The van der Waals surface area contributed by atoms with E-state index in [-0.39, 0.29) is 0 Å². The van der Waals surface area contributed by atoms with Crippen LogP contribution >= 0.6 is 0 Å². The topological polar surface area (TPSA) is 0 Å². The van der Waals surface area contributed by atoms with E-state index in [1.54, 1.807) is 6.08 Å². The van der Waals surface area contributed by atoms with E-state index in [4.69, 9.17) is 0 Å². The first kappa shape index (κ1) is 18.7. The lowest BCUT2D eigenvalue weighted by Gasteiger charge is -1.93. The van der Waals surface area contributed by atoms with E-state index >= 15 is 0 Å². The molecule has 0 aromatic heterocycles. The van der Waals surface area contributed by atoms with E-state index in [0.29, 0.717) is 0 Å². The Bertz CT molecular complexity index is 180. The van der Waals surface area contributed by atoms with Gasteiger partial charge in [0, 0.05) is 0 Å². The fraction of sp³-hybridized carbons (Fsp3) is 0.429. The maximum Gasteiger partial charge on any atom is -0.0395 e. The molecule has 0 saturated carbocycles. The highest BCUT2D eigenvalue weighted by Gasteiger charge is 1.83. The molecule has 0 aliphatic carbocycles. The largest absolute Gasteiger partial charge is 0.103 e. The van der Waals surface area contributed by atoms with Crippen molar-refractivity contribution in [2.24, 2.45) is 0 Å². The summed E-state index contributed by atoms with van der Waals surface area (Å²) in [4.78, 5) is 0. The number of hydrogen-bond donors (Lipinski definition) is 0. The quantitative estimate of drug-likeness (QED) is 0.413. The Morgan fingerprint density at radius 1 is 1.07 bits per heavy atom. The van der Waals surface area contributed by atoms with Gasteiger partial charge in [-0.05, 0) is 33.3 Å². The van der Waals surface area contributed by atoms with Crippen molar-refractivity contribution < 1.29 is 0 Å². The lowest BCUT2D eigenvalue weighted by molar-refractivity contribution is 1.36. The van der Waals surface area contributed by atoms with Gasteiger partial charge < -0.3 is 0 Å². The van der Waals surface area contributed by atoms with Crippen LogP contribution in [0.25, 0.3) is 0 Å². The van der Waals surface area contributed by atoms with Gasteiger partial charge in [-0.3, -0.25) is 0 Å². The molecular formula is C14H26. The van der Waals surface area contributed by atoms with Crippen LogP contribution in [0.3, 0.4) is 0 Å². The summed E-state index contributed by atoms with van der Waals surface area (Å²) in [7, 11) is 0. The van der Waals surface area contributed by atoms with Crippen molar-refractivity contribution in [1.29, 1.82) is 0 Å². The van der Waals surface area contributed by atoms with Gasteiger partial charge >= 0.3 is 0 Å². The van der Waals surface area contributed by atoms with Crippen LogP contribution in [0.15, 0.2) is 48.6 Å². The summed E-state index contributed by atoms with van der Waals surface area (Å²) < 4.78 is 0. The van der Waals surface area contributed by atoms with Crippen LogP contribution in [0.5, 0.6) is 0 Å². The van der Waals surface area contributed by atoms with Crippen molar-refractivity contribution in [2.75, 3.05) is 0 Å². The molecule has 0 bridgehead atoms. The third-order valence-corrected chi connectivity index (χ3v) is 1.21. The van der Waals surface area contributed by atoms with Gasteiger partial charge in [-0.2, -0.15) is 0 Å². The standard InChI is InChI=1S/C9H14.C3H6.C2H6/c1-5-6-7-9(4)8(2)3;1-3-2;1-2/h5-7H,2H2,1,3-4H3;3H,1H2,2H3;1-2H3/b6-5-,9-7-;;. The smallest absolute Gasteiger partial charge is 0.0395 e. The summed E-state index contributed by atoms with van der Waals surface area (Å²) in [6, 6.07) is 0. The number of hydrogen-bond acceptors (Lipinski definition) is 0. The molecule has 14 heavy (non-hydrogen) atoms. The Kier molecular flexibility index (Phi) is 23.9. The highest BCUT2D eigenvalue weighted by molar-refractivity contribution is 5.27. The summed E-state index contributed by atoms with van der Waals surface area (Å²) in [6.07, 6.45) is 7.83. The van der Waals surface area contributed by atoms with E-state index < -0.39 is 0 Å². The molecule has 0 heterocycles. The molecule has 0 amide bonds. The highest BCUT2D eigenvalue weighted by atomic mass is 13.9. The molecule has 0 spiro atoms. The Labute approximate surface area is 90.7 Å². The van der Waals surface area contributed by atoms with Crippen molar-refractivity contribution >= 4 is 0 Å². The first-order valence-corrected chi connectivity index (χ1v) is 5.12. The molecule has 0 heteroatoms. The van der Waals surface area contributed by atoms with Crippen LogP contribution in [-0.2, 0) is 0 Å². The minimum Gasteiger partial charge on any atom is -0.103 e. The van der Waals surface area contributed by atoms with Gasteiger partial charge in [0.2, 0.25) is 0 Å². The number of allylic oxidation sites excluding steroid dienone is 6. The molecule has 0 aliphatic heterocycles. The average molecular weight is 194 g/mol. The van der Waals surface area contributed by atoms with E-state index in [1.807, 2.05) is 46.8 Å². The van der Waals surface area contributed by atoms with E-state index in [1.165, 1.54) is 5.57 Å². The van der Waals surface area contributed by atoms with Crippen LogP contribution in [0.1, 0.15) is 41.5 Å². The molecule has 0 saturated heterocycles. The summed E-state index contributed by atoms with van der Waals surface area (Å²) in [5.41, 5.74) is 2.38. The second kappa shape index (κ2) is 17.9. The average Bonchev–Trinajstić information content (AvgIpc) is 2.18. The van der Waals surface area contributed by atoms with Gasteiger partial charge in [-0.1, -0.05) is 50.3 Å². The van der Waals surface area contributed by atoms with Crippen LogP contribution in [-0.4, -0.2) is 0 Å². The second-order valence-electron chi connectivity index (χ2n) is 2.56. The Morgan fingerprint density at radius 2 is 1.43 bits per heavy atom. The van der Waals surface area contributed by atoms with Crippen molar-refractivity contribution in [3.63, 3.8) is 0 Å². The summed E-state index contributed by atoms with van der Waals surface area (Å²) in [6.45, 7) is 19.1. The van der Waals surface area contributed by atoms with Crippen molar-refractivity contribution in [3.8, 4) is 0 Å². The van der Waals surface area contributed by atoms with Crippen molar-refractivity contribution in [1.82, 2.24) is 0 Å². The zero-order valence-electron chi connectivity index (χ0n) is 10.7. The minimum atomic E-state index is 1.13. The van der Waals surface area contributed by atoms with Crippen LogP contribution in [0.2, 0.25) is 0 Å². The summed E-state index contributed by atoms with van der Waals surface area (Å²) >= 11 is 0. The maximum atomic E-state index is 3.81. The zero-order chi connectivity index (χ0) is 12.0. The molecule has 0 aromatic rings. The molecule has 0 radical (unpaired) electrons. The van der Waals surface area contributed by atoms with E-state index in [9.17, 15) is 0 Å². The second-order valence-corrected chi connectivity index (χ2v) is 2.56. The van der Waals surface area contributed by atoms with Gasteiger partial charge in [0.15, 0.2) is 0 Å². The predicted molar refractivity (Wildman–Crippen MR) is 70.6 cm³/mol. The van der Waals surface area contributed by atoms with E-state index in [2.05, 4.69) is 26.2 Å². The predicted octanol–water partition coefficient (Wildman–Crippen LogP) is 5.30. The fourth-order valence-corrected chi connectivity index (χ4v) is 0.383. The fourth-order valence-electron chi connectivity index (χ4n) is 0.383. The Hall–Kier alpha value is -1.04. The molecule has 0 N–H and O–H groups in total. The number of rotatable bonds is 2. The van der Waals surface area contributed by atoms with Gasteiger partial charge in [0.1, 0.15) is 0 Å². The molecule has 0 aromatic carbocycles. The zero-order valence-corrected chi connectivity index (χ0v) is 10.7. The minimum absolute atomic E-state index is 1.13. The van der Waals surface area contributed by atoms with Crippen LogP contribution in [0, 0.1) is 0 Å². The molecule has 0 nitrogen and oxygen atoms in total. The van der Waals surface area contributed by atoms with Gasteiger partial charge in [0.05, 0.1) is 0 Å². The van der Waals surface area contributed by atoms with Gasteiger partial charge in [-0.15, -0.1) is 6.58 Å². The van der Waals surface area contributed by atoms with Crippen molar-refractivity contribution in [3.05, 3.63) is 48.6 Å². The maximum absolute atomic E-state index is 3.81. The first-order valence-electron chi connectivity index (χ1n) is 5.12. The third-order valence-electron chi connectivity index (χ3n) is 1.21. The molecule has 0 unspecified atom stereocenters.